The van der Waals surface area contributed by atoms with E-state index in [2.05, 4.69) is 16.8 Å². The van der Waals surface area contributed by atoms with Crippen LogP contribution in [0.5, 0.6) is 0 Å². The van der Waals surface area contributed by atoms with Gasteiger partial charge >= 0.3 is 5.97 Å². The highest BCUT2D eigenvalue weighted by Gasteiger charge is 2.15. The van der Waals surface area contributed by atoms with Crippen LogP contribution in [0.15, 0.2) is 0 Å². The van der Waals surface area contributed by atoms with Crippen molar-refractivity contribution < 1.29 is 9.90 Å². The lowest BCUT2D eigenvalue weighted by atomic mass is 10.3. The van der Waals surface area contributed by atoms with Crippen LogP contribution in [0.2, 0.25) is 0 Å². The summed E-state index contributed by atoms with van der Waals surface area (Å²) >= 11 is 0. The molecule has 0 spiro atoms. The van der Waals surface area contributed by atoms with Gasteiger partial charge in [-0.3, -0.25) is 9.69 Å². The van der Waals surface area contributed by atoms with E-state index in [1.807, 2.05) is 4.90 Å². The predicted molar refractivity (Wildman–Crippen MR) is 76.3 cm³/mol. The van der Waals surface area contributed by atoms with Crippen LogP contribution < -0.4 is 5.73 Å². The van der Waals surface area contributed by atoms with Gasteiger partial charge in [-0.1, -0.05) is 0 Å². The van der Waals surface area contributed by atoms with Gasteiger partial charge in [0.1, 0.15) is 0 Å². The molecule has 0 aromatic carbocycles. The Labute approximate surface area is 116 Å². The molecule has 1 aliphatic rings. The molecular weight excluding hydrogens is 244 g/mol. The molecule has 0 aromatic rings. The molecule has 0 aromatic heterocycles. The van der Waals surface area contributed by atoms with Crippen LogP contribution >= 0.6 is 0 Å². The molecule has 0 saturated carbocycles. The number of unbranched alkanes of at least 4 members (excludes halogenated alkanes) is 1. The summed E-state index contributed by atoms with van der Waals surface area (Å²) in [6.07, 6.45) is 2.18. The first-order valence-corrected chi connectivity index (χ1v) is 7.17. The summed E-state index contributed by atoms with van der Waals surface area (Å²) in [5.74, 6) is -0.739. The summed E-state index contributed by atoms with van der Waals surface area (Å²) in [7, 11) is 2.10. The number of aliphatic carboxylic acids is 1. The van der Waals surface area contributed by atoms with E-state index < -0.39 is 5.97 Å². The third kappa shape index (κ3) is 7.47. The Balaban J connectivity index is 2.44. The minimum Gasteiger partial charge on any atom is -0.480 e. The van der Waals surface area contributed by atoms with Gasteiger partial charge in [0.15, 0.2) is 0 Å². The number of hydrogen-bond acceptors (Lipinski definition) is 5. The van der Waals surface area contributed by atoms with Crippen LogP contribution in [0, 0.1) is 0 Å². The molecule has 1 saturated heterocycles. The van der Waals surface area contributed by atoms with E-state index >= 15 is 0 Å². The molecule has 6 heteroatoms. The average molecular weight is 272 g/mol. The van der Waals surface area contributed by atoms with Crippen molar-refractivity contribution >= 4 is 5.97 Å². The Hall–Kier alpha value is -0.690. The number of rotatable bonds is 6. The summed E-state index contributed by atoms with van der Waals surface area (Å²) in [6.45, 7) is 7.61. The van der Waals surface area contributed by atoms with Crippen molar-refractivity contribution in [1.82, 2.24) is 14.7 Å². The third-order valence-corrected chi connectivity index (χ3v) is 3.62. The van der Waals surface area contributed by atoms with Crippen molar-refractivity contribution in [2.75, 3.05) is 66.0 Å². The predicted octanol–water partition coefficient (Wildman–Crippen LogP) is -0.641. The quantitative estimate of drug-likeness (QED) is 0.627. The third-order valence-electron chi connectivity index (χ3n) is 3.62. The molecule has 6 nitrogen and oxygen atoms in total. The van der Waals surface area contributed by atoms with Crippen LogP contribution in [0.4, 0.5) is 0 Å². The van der Waals surface area contributed by atoms with Crippen molar-refractivity contribution in [1.29, 1.82) is 0 Å². The average Bonchev–Trinajstić information content (AvgIpc) is 2.44. The SMILES string of the molecule is CN1CCN(CCCCN)CCN(CC(=O)O)CC1. The first-order valence-electron chi connectivity index (χ1n) is 7.17. The fraction of sp³-hybridized carbons (Fsp3) is 0.923. The van der Waals surface area contributed by atoms with E-state index in [1.54, 1.807) is 0 Å². The first-order chi connectivity index (χ1) is 9.11. The normalized spacial score (nSPS) is 20.7. The second-order valence-corrected chi connectivity index (χ2v) is 5.31. The number of hydrogen-bond donors (Lipinski definition) is 2. The van der Waals surface area contributed by atoms with E-state index in [4.69, 9.17) is 10.8 Å². The van der Waals surface area contributed by atoms with Gasteiger partial charge in [-0.15, -0.1) is 0 Å². The van der Waals surface area contributed by atoms with E-state index in [0.717, 1.165) is 65.2 Å². The Morgan fingerprint density at radius 3 is 2.26 bits per heavy atom. The second kappa shape index (κ2) is 9.25. The zero-order valence-electron chi connectivity index (χ0n) is 12.1. The molecule has 0 unspecified atom stereocenters. The van der Waals surface area contributed by atoms with Crippen molar-refractivity contribution in [3.8, 4) is 0 Å². The first kappa shape index (κ1) is 16.4. The molecule has 0 amide bonds. The molecule has 1 heterocycles. The van der Waals surface area contributed by atoms with Gasteiger partial charge in [-0.25, -0.2) is 0 Å². The van der Waals surface area contributed by atoms with E-state index in [1.165, 1.54) is 0 Å². The highest BCUT2D eigenvalue weighted by molar-refractivity contribution is 5.69. The van der Waals surface area contributed by atoms with Crippen LogP contribution in [0.1, 0.15) is 12.8 Å². The fourth-order valence-corrected chi connectivity index (χ4v) is 2.30. The molecule has 0 atom stereocenters. The van der Waals surface area contributed by atoms with Gasteiger partial charge in [0, 0.05) is 39.3 Å². The van der Waals surface area contributed by atoms with Crippen molar-refractivity contribution in [3.63, 3.8) is 0 Å². The molecule has 0 aliphatic carbocycles. The molecule has 19 heavy (non-hydrogen) atoms. The smallest absolute Gasteiger partial charge is 0.317 e. The lowest BCUT2D eigenvalue weighted by Crippen LogP contribution is -2.39. The van der Waals surface area contributed by atoms with Crippen LogP contribution in [0.3, 0.4) is 0 Å². The number of carboxylic acids is 1. The molecular formula is C13H28N4O2. The molecule has 0 bridgehead atoms. The topological polar surface area (TPSA) is 73.0 Å². The van der Waals surface area contributed by atoms with Crippen molar-refractivity contribution in [2.24, 2.45) is 5.73 Å². The van der Waals surface area contributed by atoms with Gasteiger partial charge in [-0.05, 0) is 33.0 Å². The van der Waals surface area contributed by atoms with E-state index in [-0.39, 0.29) is 6.54 Å². The highest BCUT2D eigenvalue weighted by atomic mass is 16.4. The second-order valence-electron chi connectivity index (χ2n) is 5.31. The van der Waals surface area contributed by atoms with E-state index in [0.29, 0.717) is 0 Å². The molecule has 1 fully saturated rings. The summed E-state index contributed by atoms with van der Waals surface area (Å²) < 4.78 is 0. The van der Waals surface area contributed by atoms with Crippen molar-refractivity contribution in [2.45, 2.75) is 12.8 Å². The molecule has 1 aliphatic heterocycles. The van der Waals surface area contributed by atoms with Crippen molar-refractivity contribution in [3.05, 3.63) is 0 Å². The minimum absolute atomic E-state index is 0.143. The Morgan fingerprint density at radius 2 is 1.63 bits per heavy atom. The van der Waals surface area contributed by atoms with Crippen LogP contribution in [-0.4, -0.2) is 91.7 Å². The number of nitrogens with two attached hydrogens (primary N) is 1. The highest BCUT2D eigenvalue weighted by Crippen LogP contribution is 2.01. The van der Waals surface area contributed by atoms with Gasteiger partial charge in [0.25, 0.3) is 0 Å². The summed E-state index contributed by atoms with van der Waals surface area (Å²) in [4.78, 5) is 17.6. The Bertz CT molecular complexity index is 263. The standard InChI is InChI=1S/C13H28N4O2/c1-15-6-8-16(5-3-2-4-14)10-11-17(9-7-15)12-13(18)19/h2-12,14H2,1H3,(H,18,19). The zero-order valence-corrected chi connectivity index (χ0v) is 12.1. The number of likely N-dealkylation sites (N-methyl/N-ethyl adjacent to an activating group) is 1. The van der Waals surface area contributed by atoms with Gasteiger partial charge < -0.3 is 20.6 Å². The molecule has 0 radical (unpaired) electrons. The summed E-state index contributed by atoms with van der Waals surface area (Å²) in [5, 5.41) is 8.92. The zero-order chi connectivity index (χ0) is 14.1. The molecule has 112 valence electrons. The van der Waals surface area contributed by atoms with Gasteiger partial charge in [-0.2, -0.15) is 0 Å². The largest absolute Gasteiger partial charge is 0.480 e. The number of carboxylic acid groups (broad SMARTS) is 1. The van der Waals surface area contributed by atoms with E-state index in [9.17, 15) is 4.79 Å². The van der Waals surface area contributed by atoms with Crippen LogP contribution in [0.25, 0.3) is 0 Å². The Morgan fingerprint density at radius 1 is 1.05 bits per heavy atom. The number of carbonyl (C=O) groups is 1. The molecule has 1 rings (SSSR count). The summed E-state index contributed by atoms with van der Waals surface area (Å²) in [5.41, 5.74) is 5.52. The summed E-state index contributed by atoms with van der Waals surface area (Å²) in [6, 6.07) is 0. The van der Waals surface area contributed by atoms with Gasteiger partial charge in [0.05, 0.1) is 6.54 Å². The fourth-order valence-electron chi connectivity index (χ4n) is 2.30. The minimum atomic E-state index is -0.739. The van der Waals surface area contributed by atoms with Crippen LogP contribution in [-0.2, 0) is 4.79 Å². The number of nitrogens with zero attached hydrogens (tertiary/aromatic N) is 3. The Kier molecular flexibility index (Phi) is 7.97. The maximum Gasteiger partial charge on any atom is 0.317 e. The monoisotopic (exact) mass is 272 g/mol. The maximum absolute atomic E-state index is 10.8. The molecule has 3 N–H and O–H groups in total. The maximum atomic E-state index is 10.8. The lowest BCUT2D eigenvalue weighted by molar-refractivity contribution is -0.138. The van der Waals surface area contributed by atoms with Gasteiger partial charge in [0.2, 0.25) is 0 Å². The lowest BCUT2D eigenvalue weighted by Gasteiger charge is -2.24.